The number of nitro benzene ring substituents is 1. The summed E-state index contributed by atoms with van der Waals surface area (Å²) in [6.07, 6.45) is 0. The van der Waals surface area contributed by atoms with Crippen molar-refractivity contribution in [1.82, 2.24) is 14.9 Å². The molecule has 0 aliphatic carbocycles. The van der Waals surface area contributed by atoms with Crippen LogP contribution in [0.15, 0.2) is 53.7 Å². The van der Waals surface area contributed by atoms with Gasteiger partial charge >= 0.3 is 6.61 Å². The van der Waals surface area contributed by atoms with Gasteiger partial charge in [0.1, 0.15) is 11.4 Å². The van der Waals surface area contributed by atoms with Crippen LogP contribution in [-0.4, -0.2) is 37.6 Å². The number of nitro groups is 1. The number of carbonyl (C=O) groups is 1. The van der Waals surface area contributed by atoms with Crippen molar-refractivity contribution in [1.29, 1.82) is 0 Å². The maximum Gasteiger partial charge on any atom is 0.387 e. The number of anilines is 1. The van der Waals surface area contributed by atoms with Gasteiger partial charge in [0, 0.05) is 11.6 Å². The molecule has 3 rings (SSSR count). The van der Waals surface area contributed by atoms with Gasteiger partial charge in [0.2, 0.25) is 11.1 Å². The number of hydrogen-bond acceptors (Lipinski definition) is 8. The smallest absolute Gasteiger partial charge is 0.387 e. The van der Waals surface area contributed by atoms with Gasteiger partial charge < -0.3 is 15.9 Å². The van der Waals surface area contributed by atoms with E-state index in [0.29, 0.717) is 5.56 Å². The predicted octanol–water partition coefficient (Wildman–Crippen LogP) is 3.29. The van der Waals surface area contributed by atoms with E-state index in [1.165, 1.54) is 42.5 Å². The molecule has 3 aromatic rings. The molecule has 0 saturated carbocycles. The van der Waals surface area contributed by atoms with Crippen LogP contribution < -0.4 is 15.9 Å². The third kappa shape index (κ3) is 5.25. The molecule has 13 heteroatoms. The molecule has 2 aromatic carbocycles. The van der Waals surface area contributed by atoms with Crippen molar-refractivity contribution in [2.75, 3.05) is 11.2 Å². The average molecular weight is 450 g/mol. The monoisotopic (exact) mass is 450 g/mol. The number of nitrogens with two attached hydrogens (primary N) is 1. The first-order valence-electron chi connectivity index (χ1n) is 8.73. The lowest BCUT2D eigenvalue weighted by Crippen LogP contribution is -2.24. The van der Waals surface area contributed by atoms with Crippen molar-refractivity contribution < 1.29 is 23.2 Å². The van der Waals surface area contributed by atoms with E-state index >= 15 is 0 Å². The molecule has 1 heterocycles. The van der Waals surface area contributed by atoms with Crippen LogP contribution in [0.25, 0.3) is 11.4 Å². The second-order valence-electron chi connectivity index (χ2n) is 6.10. The topological polar surface area (TPSA) is 138 Å². The summed E-state index contributed by atoms with van der Waals surface area (Å²) in [5, 5.41) is 21.0. The molecule has 1 atom stereocenters. The number of nitrogens with one attached hydrogen (secondary N) is 1. The first-order chi connectivity index (χ1) is 14.8. The molecular weight excluding hydrogens is 434 g/mol. The normalized spacial score (nSPS) is 11.9. The lowest BCUT2D eigenvalue weighted by molar-refractivity contribution is -0.383. The minimum atomic E-state index is -2.93. The Labute approximate surface area is 178 Å². The SMILES string of the molecule is CC(Sc1nnc(-c2ccc(OC(F)F)cc2)n1N)C(=O)Nc1ccccc1[N+](=O)[O-]. The summed E-state index contributed by atoms with van der Waals surface area (Å²) >= 11 is 0.997. The number of nitrogen functional groups attached to an aromatic ring is 1. The number of hydrogen-bond donors (Lipinski definition) is 2. The zero-order chi connectivity index (χ0) is 22.5. The third-order valence-corrected chi connectivity index (χ3v) is 5.07. The zero-order valence-corrected chi connectivity index (χ0v) is 16.8. The van der Waals surface area contributed by atoms with Crippen LogP contribution in [0.2, 0.25) is 0 Å². The van der Waals surface area contributed by atoms with Gasteiger partial charge in [-0.3, -0.25) is 14.9 Å². The van der Waals surface area contributed by atoms with E-state index in [-0.39, 0.29) is 28.1 Å². The molecule has 1 aromatic heterocycles. The van der Waals surface area contributed by atoms with E-state index in [2.05, 4.69) is 20.3 Å². The molecule has 0 fully saturated rings. The minimum Gasteiger partial charge on any atom is -0.435 e. The first-order valence-corrected chi connectivity index (χ1v) is 9.61. The van der Waals surface area contributed by atoms with Gasteiger partial charge in [-0.25, -0.2) is 4.68 Å². The Morgan fingerprint density at radius 3 is 2.55 bits per heavy atom. The summed E-state index contributed by atoms with van der Waals surface area (Å²) in [5.74, 6) is 5.76. The number of carbonyl (C=O) groups excluding carboxylic acids is 1. The van der Waals surface area contributed by atoms with Gasteiger partial charge in [-0.15, -0.1) is 10.2 Å². The number of ether oxygens (including phenoxy) is 1. The van der Waals surface area contributed by atoms with E-state index in [0.717, 1.165) is 16.4 Å². The zero-order valence-electron chi connectivity index (χ0n) is 15.9. The Hall–Kier alpha value is -3.74. The van der Waals surface area contributed by atoms with Crippen LogP contribution in [-0.2, 0) is 4.79 Å². The fourth-order valence-electron chi connectivity index (χ4n) is 2.52. The molecule has 162 valence electrons. The maximum absolute atomic E-state index is 12.5. The number of amides is 1. The van der Waals surface area contributed by atoms with Gasteiger partial charge in [-0.1, -0.05) is 23.9 Å². The summed E-state index contributed by atoms with van der Waals surface area (Å²) in [4.78, 5) is 23.0. The second-order valence-corrected chi connectivity index (χ2v) is 7.41. The molecule has 0 saturated heterocycles. The van der Waals surface area contributed by atoms with E-state index in [1.54, 1.807) is 13.0 Å². The molecule has 0 radical (unpaired) electrons. The summed E-state index contributed by atoms with van der Waals surface area (Å²) in [7, 11) is 0. The van der Waals surface area contributed by atoms with Gasteiger partial charge in [0.05, 0.1) is 10.2 Å². The second kappa shape index (κ2) is 9.38. The quantitative estimate of drug-likeness (QED) is 0.231. The van der Waals surface area contributed by atoms with E-state index in [4.69, 9.17) is 5.84 Å². The molecule has 31 heavy (non-hydrogen) atoms. The Morgan fingerprint density at radius 1 is 1.23 bits per heavy atom. The van der Waals surface area contributed by atoms with Crippen LogP contribution in [0.1, 0.15) is 6.92 Å². The van der Waals surface area contributed by atoms with E-state index in [1.807, 2.05) is 0 Å². The standard InChI is InChI=1S/C18H16F2N6O4S/c1-10(16(27)22-13-4-2-3-5-14(13)26(28)29)31-18-24-23-15(25(18)21)11-6-8-12(9-7-11)30-17(19)20/h2-10,17H,21H2,1H3,(H,22,27). The summed E-state index contributed by atoms with van der Waals surface area (Å²) in [5.41, 5.74) is 0.350. The highest BCUT2D eigenvalue weighted by molar-refractivity contribution is 8.00. The lowest BCUT2D eigenvalue weighted by Gasteiger charge is -2.11. The summed E-state index contributed by atoms with van der Waals surface area (Å²) in [6, 6.07) is 11.4. The van der Waals surface area contributed by atoms with E-state index in [9.17, 15) is 23.7 Å². The molecule has 0 aliphatic rings. The van der Waals surface area contributed by atoms with Crippen LogP contribution in [0.3, 0.4) is 0 Å². The van der Waals surface area contributed by atoms with Gasteiger partial charge in [0.15, 0.2) is 5.82 Å². The number of alkyl halides is 2. The average Bonchev–Trinajstić information content (AvgIpc) is 3.08. The van der Waals surface area contributed by atoms with Crippen molar-refractivity contribution in [2.24, 2.45) is 0 Å². The predicted molar refractivity (Wildman–Crippen MR) is 109 cm³/mol. The fourth-order valence-corrected chi connectivity index (χ4v) is 3.29. The van der Waals surface area contributed by atoms with Gasteiger partial charge in [-0.05, 0) is 37.3 Å². The van der Waals surface area contributed by atoms with Crippen LogP contribution in [0, 0.1) is 10.1 Å². The van der Waals surface area contributed by atoms with Crippen molar-refractivity contribution >= 4 is 29.0 Å². The number of thioether (sulfide) groups is 1. The molecule has 0 aliphatic heterocycles. The van der Waals surface area contributed by atoms with Crippen LogP contribution in [0.4, 0.5) is 20.2 Å². The lowest BCUT2D eigenvalue weighted by atomic mass is 10.2. The Kier molecular flexibility index (Phi) is 6.65. The molecule has 0 spiro atoms. The molecule has 0 bridgehead atoms. The highest BCUT2D eigenvalue weighted by atomic mass is 32.2. The number of aromatic nitrogens is 3. The summed E-state index contributed by atoms with van der Waals surface area (Å²) < 4.78 is 30.0. The minimum absolute atomic E-state index is 0.0169. The van der Waals surface area contributed by atoms with Gasteiger partial charge in [-0.2, -0.15) is 8.78 Å². The number of para-hydroxylation sites is 2. The van der Waals surface area contributed by atoms with Crippen molar-refractivity contribution in [2.45, 2.75) is 23.9 Å². The molecule has 1 unspecified atom stereocenters. The Morgan fingerprint density at radius 2 is 1.90 bits per heavy atom. The third-order valence-electron chi connectivity index (χ3n) is 4.01. The molecule has 3 N–H and O–H groups in total. The highest BCUT2D eigenvalue weighted by Crippen LogP contribution is 2.28. The molecular formula is C18H16F2N6O4S. The summed E-state index contributed by atoms with van der Waals surface area (Å²) in [6.45, 7) is -1.35. The number of rotatable bonds is 8. The molecule has 10 nitrogen and oxygen atoms in total. The van der Waals surface area contributed by atoms with Crippen LogP contribution >= 0.6 is 11.8 Å². The maximum atomic E-state index is 12.5. The first kappa shape index (κ1) is 22.0. The van der Waals surface area contributed by atoms with Crippen molar-refractivity contribution in [3.63, 3.8) is 0 Å². The number of benzene rings is 2. The largest absolute Gasteiger partial charge is 0.435 e. The van der Waals surface area contributed by atoms with Crippen molar-refractivity contribution in [3.05, 3.63) is 58.6 Å². The van der Waals surface area contributed by atoms with Crippen molar-refractivity contribution in [3.8, 4) is 17.1 Å². The van der Waals surface area contributed by atoms with Crippen LogP contribution in [0.5, 0.6) is 5.75 Å². The fraction of sp³-hybridized carbons (Fsp3) is 0.167. The number of halogens is 2. The highest BCUT2D eigenvalue weighted by Gasteiger charge is 2.22. The Balaban J connectivity index is 1.70. The van der Waals surface area contributed by atoms with E-state index < -0.39 is 22.7 Å². The number of nitrogens with zero attached hydrogens (tertiary/aromatic N) is 4. The molecule has 1 amide bonds. The Bertz CT molecular complexity index is 1090. The van der Waals surface area contributed by atoms with Gasteiger partial charge in [0.25, 0.3) is 5.69 Å².